The average molecular weight is 267 g/mol. The van der Waals surface area contributed by atoms with Crippen molar-refractivity contribution in [1.29, 1.82) is 0 Å². The van der Waals surface area contributed by atoms with E-state index in [1.165, 1.54) is 22.9 Å². The van der Waals surface area contributed by atoms with Crippen LogP contribution >= 0.6 is 0 Å². The van der Waals surface area contributed by atoms with Gasteiger partial charge < -0.3 is 5.32 Å². The number of halogens is 1. The molecule has 0 bridgehead atoms. The van der Waals surface area contributed by atoms with Gasteiger partial charge in [-0.3, -0.25) is 0 Å². The Balaban J connectivity index is 1.79. The maximum Gasteiger partial charge on any atom is 0.123 e. The molecule has 0 radical (unpaired) electrons. The van der Waals surface area contributed by atoms with Crippen molar-refractivity contribution in [3.05, 3.63) is 76.7 Å². The molecule has 1 N–H and O–H groups in total. The zero-order valence-corrected chi connectivity index (χ0v) is 11.6. The second-order valence-electron chi connectivity index (χ2n) is 5.29. The number of aryl methyl sites for hydroxylation is 1. The molecule has 0 amide bonds. The van der Waals surface area contributed by atoms with Crippen molar-refractivity contribution in [2.45, 2.75) is 25.8 Å². The van der Waals surface area contributed by atoms with Crippen LogP contribution in [0.1, 0.15) is 36.1 Å². The third-order valence-corrected chi connectivity index (χ3v) is 3.80. The Morgan fingerprint density at radius 3 is 2.65 bits per heavy atom. The molecule has 0 saturated carbocycles. The van der Waals surface area contributed by atoms with Gasteiger partial charge in [0.25, 0.3) is 0 Å². The topological polar surface area (TPSA) is 12.0 Å². The van der Waals surface area contributed by atoms with Gasteiger partial charge in [0.2, 0.25) is 0 Å². The first-order chi connectivity index (χ1) is 9.72. The molecule has 1 atom stereocenters. The second-order valence-corrected chi connectivity index (χ2v) is 5.29. The summed E-state index contributed by atoms with van der Waals surface area (Å²) in [5, 5.41) is 3.53. The molecule has 2 aromatic rings. The number of fused-ring (bicyclic) bond motifs is 1. The Hall–Kier alpha value is -2.09. The minimum atomic E-state index is -0.169. The first-order valence-electron chi connectivity index (χ1n) is 7.03. The van der Waals surface area contributed by atoms with E-state index in [-0.39, 0.29) is 11.9 Å². The maximum atomic E-state index is 13.3. The molecule has 102 valence electrons. The van der Waals surface area contributed by atoms with E-state index < -0.39 is 0 Å². The maximum absolute atomic E-state index is 13.3. The fourth-order valence-electron chi connectivity index (χ4n) is 2.67. The van der Waals surface area contributed by atoms with Crippen molar-refractivity contribution in [2.75, 3.05) is 0 Å². The highest BCUT2D eigenvalue weighted by Gasteiger charge is 2.13. The highest BCUT2D eigenvalue weighted by atomic mass is 19.1. The standard InChI is InChI=1S/C18H18FN/c1-13(14-5-3-2-4-6-14)20-18-10-8-15-7-9-17(19)11-16(15)12-18/h2-7,9,11-13,20H,8,10H2,1H3. The van der Waals surface area contributed by atoms with Gasteiger partial charge in [0.1, 0.15) is 5.82 Å². The van der Waals surface area contributed by atoms with Crippen LogP contribution in [-0.4, -0.2) is 0 Å². The highest BCUT2D eigenvalue weighted by molar-refractivity contribution is 5.59. The van der Waals surface area contributed by atoms with E-state index >= 15 is 0 Å². The summed E-state index contributed by atoms with van der Waals surface area (Å²) < 4.78 is 13.3. The third-order valence-electron chi connectivity index (χ3n) is 3.80. The first kappa shape index (κ1) is 12.9. The number of benzene rings is 2. The molecule has 0 aromatic heterocycles. The van der Waals surface area contributed by atoms with Crippen molar-refractivity contribution < 1.29 is 4.39 Å². The van der Waals surface area contributed by atoms with Gasteiger partial charge in [-0.1, -0.05) is 36.4 Å². The van der Waals surface area contributed by atoms with Gasteiger partial charge in [-0.15, -0.1) is 0 Å². The van der Waals surface area contributed by atoms with E-state index in [1.54, 1.807) is 6.07 Å². The van der Waals surface area contributed by atoms with E-state index in [2.05, 4.69) is 30.4 Å². The predicted molar refractivity (Wildman–Crippen MR) is 80.7 cm³/mol. The van der Waals surface area contributed by atoms with E-state index in [1.807, 2.05) is 24.3 Å². The molecule has 0 aliphatic heterocycles. The van der Waals surface area contributed by atoms with Crippen LogP contribution in [0.5, 0.6) is 0 Å². The Kier molecular flexibility index (Phi) is 3.55. The lowest BCUT2D eigenvalue weighted by molar-refractivity contribution is 0.618. The molecule has 1 aliphatic rings. The number of nitrogens with one attached hydrogen (secondary N) is 1. The SMILES string of the molecule is CC(NC1=Cc2cc(F)ccc2CC1)c1ccccc1. The normalized spacial score (nSPS) is 15.2. The van der Waals surface area contributed by atoms with Crippen molar-refractivity contribution in [2.24, 2.45) is 0 Å². The van der Waals surface area contributed by atoms with E-state index in [0.29, 0.717) is 0 Å². The van der Waals surface area contributed by atoms with Gasteiger partial charge >= 0.3 is 0 Å². The molecular formula is C18H18FN. The number of allylic oxidation sites excluding steroid dienone is 1. The lowest BCUT2D eigenvalue weighted by atomic mass is 9.94. The minimum absolute atomic E-state index is 0.169. The Morgan fingerprint density at radius 1 is 1.05 bits per heavy atom. The molecule has 2 aromatic carbocycles. The summed E-state index contributed by atoms with van der Waals surface area (Å²) in [6.07, 6.45) is 4.02. The van der Waals surface area contributed by atoms with Crippen LogP contribution in [0.4, 0.5) is 4.39 Å². The second kappa shape index (κ2) is 5.49. The van der Waals surface area contributed by atoms with Crippen LogP contribution in [0.25, 0.3) is 6.08 Å². The first-order valence-corrected chi connectivity index (χ1v) is 7.03. The van der Waals surface area contributed by atoms with Crippen LogP contribution in [0.3, 0.4) is 0 Å². The van der Waals surface area contributed by atoms with Gasteiger partial charge in [0.05, 0.1) is 0 Å². The molecule has 0 fully saturated rings. The fourth-order valence-corrected chi connectivity index (χ4v) is 2.67. The van der Waals surface area contributed by atoms with Crippen molar-refractivity contribution in [1.82, 2.24) is 5.32 Å². The predicted octanol–water partition coefficient (Wildman–Crippen LogP) is 4.46. The van der Waals surface area contributed by atoms with Crippen LogP contribution in [0, 0.1) is 5.82 Å². The molecule has 0 heterocycles. The monoisotopic (exact) mass is 267 g/mol. The van der Waals surface area contributed by atoms with Gasteiger partial charge in [-0.25, -0.2) is 4.39 Å². The molecule has 20 heavy (non-hydrogen) atoms. The van der Waals surface area contributed by atoms with Crippen LogP contribution in [-0.2, 0) is 6.42 Å². The molecule has 2 heteroatoms. The summed E-state index contributed by atoms with van der Waals surface area (Å²) in [4.78, 5) is 0. The Labute approximate surface area is 119 Å². The van der Waals surface area contributed by atoms with Crippen molar-refractivity contribution in [3.63, 3.8) is 0 Å². The summed E-state index contributed by atoms with van der Waals surface area (Å²) >= 11 is 0. The molecule has 1 nitrogen and oxygen atoms in total. The minimum Gasteiger partial charge on any atom is -0.382 e. The zero-order chi connectivity index (χ0) is 13.9. The van der Waals surface area contributed by atoms with Crippen molar-refractivity contribution in [3.8, 4) is 0 Å². The molecule has 1 aliphatic carbocycles. The highest BCUT2D eigenvalue weighted by Crippen LogP contribution is 2.25. The quantitative estimate of drug-likeness (QED) is 0.865. The molecule has 0 saturated heterocycles. The summed E-state index contributed by atoms with van der Waals surface area (Å²) in [5.41, 5.74) is 4.67. The largest absolute Gasteiger partial charge is 0.382 e. The summed E-state index contributed by atoms with van der Waals surface area (Å²) in [6, 6.07) is 15.7. The molecule has 1 unspecified atom stereocenters. The number of rotatable bonds is 3. The number of hydrogen-bond donors (Lipinski definition) is 1. The van der Waals surface area contributed by atoms with E-state index in [9.17, 15) is 4.39 Å². The average Bonchev–Trinajstić information content (AvgIpc) is 2.47. The molecular weight excluding hydrogens is 249 g/mol. The Bertz CT molecular complexity index is 631. The summed E-state index contributed by atoms with van der Waals surface area (Å²) in [6.45, 7) is 2.15. The summed E-state index contributed by atoms with van der Waals surface area (Å²) in [5.74, 6) is -0.169. The van der Waals surface area contributed by atoms with Gasteiger partial charge in [-0.2, -0.15) is 0 Å². The smallest absolute Gasteiger partial charge is 0.123 e. The third kappa shape index (κ3) is 2.74. The van der Waals surface area contributed by atoms with Crippen LogP contribution in [0.15, 0.2) is 54.2 Å². The van der Waals surface area contributed by atoms with E-state index in [4.69, 9.17) is 0 Å². The van der Waals surface area contributed by atoms with Crippen LogP contribution in [0.2, 0.25) is 0 Å². The zero-order valence-electron chi connectivity index (χ0n) is 11.6. The molecule has 3 rings (SSSR count). The van der Waals surface area contributed by atoms with Gasteiger partial charge in [0, 0.05) is 11.7 Å². The number of hydrogen-bond acceptors (Lipinski definition) is 1. The molecule has 0 spiro atoms. The van der Waals surface area contributed by atoms with E-state index in [0.717, 1.165) is 18.4 Å². The van der Waals surface area contributed by atoms with Crippen molar-refractivity contribution >= 4 is 6.08 Å². The Morgan fingerprint density at radius 2 is 1.85 bits per heavy atom. The van der Waals surface area contributed by atoms with Gasteiger partial charge in [-0.05, 0) is 54.7 Å². The summed E-state index contributed by atoms with van der Waals surface area (Å²) in [7, 11) is 0. The fraction of sp³-hybridized carbons (Fsp3) is 0.222. The lowest BCUT2D eigenvalue weighted by Gasteiger charge is -2.22. The van der Waals surface area contributed by atoms with Crippen LogP contribution < -0.4 is 5.32 Å². The lowest BCUT2D eigenvalue weighted by Crippen LogP contribution is -2.20. The van der Waals surface area contributed by atoms with Gasteiger partial charge in [0.15, 0.2) is 0 Å².